The number of aliphatic hydroxyl groups excluding tert-OH is 2. The first-order valence-corrected chi connectivity index (χ1v) is 12.0. The lowest BCUT2D eigenvalue weighted by molar-refractivity contribution is 0.0895. The molecule has 3 aromatic rings. The van der Waals surface area contributed by atoms with Crippen LogP contribution in [-0.4, -0.2) is 54.6 Å². The number of fused-ring (bicyclic) bond motifs is 2. The average molecular weight is 499 g/mol. The fraction of sp³-hybridized carbons (Fsp3) is 0.167. The number of aromatic hydroxyl groups is 1. The summed E-state index contributed by atoms with van der Waals surface area (Å²) in [6, 6.07) is 12.6. The summed E-state index contributed by atoms with van der Waals surface area (Å²) >= 11 is 0. The smallest absolute Gasteiger partial charge is 0.240 e. The molecule has 1 atom stereocenters. The maximum absolute atomic E-state index is 13.0. The van der Waals surface area contributed by atoms with Gasteiger partial charge in [0.2, 0.25) is 10.0 Å². The summed E-state index contributed by atoms with van der Waals surface area (Å²) in [7, 11) is -3.87. The molecule has 0 amide bonds. The molecule has 0 aromatic heterocycles. The Bertz CT molecular complexity index is 1420. The number of ether oxygens (including phenoxy) is 1. The molecule has 0 spiro atoms. The molecule has 1 aliphatic carbocycles. The van der Waals surface area contributed by atoms with Gasteiger partial charge in [-0.2, -0.15) is 0 Å². The molecule has 0 fully saturated rings. The molecule has 0 aliphatic heterocycles. The zero-order chi connectivity index (χ0) is 25.3. The van der Waals surface area contributed by atoms with Crippen LogP contribution in [0.2, 0.25) is 0 Å². The van der Waals surface area contributed by atoms with Crippen LogP contribution in [0.3, 0.4) is 0 Å². The summed E-state index contributed by atoms with van der Waals surface area (Å²) in [6.45, 7) is -0.537. The Labute approximate surface area is 200 Å². The number of aliphatic hydroxyl groups is 2. The van der Waals surface area contributed by atoms with E-state index >= 15 is 0 Å². The zero-order valence-corrected chi connectivity index (χ0v) is 19.1. The van der Waals surface area contributed by atoms with Gasteiger partial charge in [-0.25, -0.2) is 13.1 Å². The third kappa shape index (κ3) is 4.62. The van der Waals surface area contributed by atoms with Crippen LogP contribution in [0.25, 0.3) is 0 Å². The van der Waals surface area contributed by atoms with Crippen molar-refractivity contribution in [1.82, 2.24) is 4.72 Å². The number of rotatable bonds is 8. The van der Waals surface area contributed by atoms with Gasteiger partial charge in [0.05, 0.1) is 34.4 Å². The highest BCUT2D eigenvalue weighted by atomic mass is 32.2. The topological polar surface area (TPSA) is 176 Å². The largest absolute Gasteiger partial charge is 0.507 e. The normalized spacial score (nSPS) is 13.8. The van der Waals surface area contributed by atoms with Gasteiger partial charge in [-0.1, -0.05) is 24.3 Å². The van der Waals surface area contributed by atoms with Crippen LogP contribution in [0.4, 0.5) is 5.69 Å². The van der Waals surface area contributed by atoms with Crippen molar-refractivity contribution >= 4 is 27.3 Å². The molecule has 4 rings (SSSR count). The van der Waals surface area contributed by atoms with Crippen molar-refractivity contribution < 1.29 is 38.1 Å². The molecule has 35 heavy (non-hydrogen) atoms. The highest BCUT2D eigenvalue weighted by Gasteiger charge is 2.35. The minimum atomic E-state index is -3.87. The van der Waals surface area contributed by atoms with E-state index < -0.39 is 40.1 Å². The Hall–Kier alpha value is -3.77. The van der Waals surface area contributed by atoms with E-state index in [9.17, 15) is 28.2 Å². The van der Waals surface area contributed by atoms with Crippen molar-refractivity contribution in [3.63, 3.8) is 0 Å². The van der Waals surface area contributed by atoms with Gasteiger partial charge in [-0.3, -0.25) is 9.59 Å². The molecular formula is C24H22N2O8S. The van der Waals surface area contributed by atoms with E-state index in [0.717, 1.165) is 6.07 Å². The van der Waals surface area contributed by atoms with E-state index in [1.807, 2.05) is 0 Å². The fourth-order valence-corrected chi connectivity index (χ4v) is 4.75. The zero-order valence-electron chi connectivity index (χ0n) is 18.3. The lowest BCUT2D eigenvalue weighted by Gasteiger charge is -2.21. The molecule has 10 nitrogen and oxygen atoms in total. The molecule has 1 unspecified atom stereocenters. The lowest BCUT2D eigenvalue weighted by atomic mass is 9.82. The standard InChI is InChI=1S/C24H22N2O8S/c25-22-19(11-18(29)20-21(22)24(31)17-4-2-1-3-16(17)23(20)30)34-14-5-7-15(8-6-14)35(32,33)26-10-9-13(28)12-27/h1-8,11,13,26-29H,9-10,12,25H2. The highest BCUT2D eigenvalue weighted by Crippen LogP contribution is 2.42. The van der Waals surface area contributed by atoms with Crippen LogP contribution in [0.1, 0.15) is 38.3 Å². The summed E-state index contributed by atoms with van der Waals surface area (Å²) in [5.74, 6) is -1.42. The Morgan fingerprint density at radius 1 is 0.971 bits per heavy atom. The summed E-state index contributed by atoms with van der Waals surface area (Å²) in [6.07, 6.45) is -0.980. The predicted molar refractivity (Wildman–Crippen MR) is 125 cm³/mol. The fourth-order valence-electron chi connectivity index (χ4n) is 3.71. The van der Waals surface area contributed by atoms with Gasteiger partial charge in [0.1, 0.15) is 11.5 Å². The number of hydrogen-bond donors (Lipinski definition) is 5. The quantitative estimate of drug-likeness (QED) is 0.178. The number of nitrogens with two attached hydrogens (primary N) is 1. The van der Waals surface area contributed by atoms with Gasteiger partial charge in [-0.05, 0) is 30.7 Å². The number of anilines is 1. The molecule has 182 valence electrons. The van der Waals surface area contributed by atoms with Crippen LogP contribution in [0.5, 0.6) is 17.2 Å². The summed E-state index contributed by atoms with van der Waals surface area (Å²) < 4.78 is 32.8. The number of phenols is 1. The second-order valence-electron chi connectivity index (χ2n) is 7.86. The van der Waals surface area contributed by atoms with E-state index in [1.54, 1.807) is 12.1 Å². The maximum Gasteiger partial charge on any atom is 0.240 e. The molecule has 3 aromatic carbocycles. The molecule has 0 saturated heterocycles. The minimum Gasteiger partial charge on any atom is -0.507 e. The molecule has 1 aliphatic rings. The Morgan fingerprint density at radius 2 is 1.57 bits per heavy atom. The first kappa shape index (κ1) is 24.4. The second-order valence-corrected chi connectivity index (χ2v) is 9.62. The minimum absolute atomic E-state index is 0.0454. The van der Waals surface area contributed by atoms with Crippen molar-refractivity contribution in [3.8, 4) is 17.2 Å². The number of ketones is 2. The third-order valence-corrected chi connectivity index (χ3v) is 7.00. The maximum atomic E-state index is 13.0. The van der Waals surface area contributed by atoms with Crippen molar-refractivity contribution in [2.24, 2.45) is 0 Å². The molecule has 0 saturated carbocycles. The van der Waals surface area contributed by atoms with Gasteiger partial charge >= 0.3 is 0 Å². The predicted octanol–water partition coefficient (Wildman–Crippen LogP) is 1.56. The number of benzene rings is 3. The third-order valence-electron chi connectivity index (χ3n) is 5.52. The molecule has 6 N–H and O–H groups in total. The Morgan fingerprint density at radius 3 is 2.17 bits per heavy atom. The summed E-state index contributed by atoms with van der Waals surface area (Å²) in [4.78, 5) is 25.8. The summed E-state index contributed by atoms with van der Waals surface area (Å²) in [5.41, 5.74) is 6.02. The summed E-state index contributed by atoms with van der Waals surface area (Å²) in [5, 5.41) is 28.6. The van der Waals surface area contributed by atoms with Gasteiger partial charge in [-0.15, -0.1) is 0 Å². The number of carbonyl (C=O) groups is 2. The van der Waals surface area contributed by atoms with Crippen molar-refractivity contribution in [3.05, 3.63) is 76.9 Å². The van der Waals surface area contributed by atoms with E-state index in [2.05, 4.69) is 4.72 Å². The molecule has 0 radical (unpaired) electrons. The van der Waals surface area contributed by atoms with Crippen LogP contribution in [-0.2, 0) is 10.0 Å². The number of hydrogen-bond acceptors (Lipinski definition) is 9. The molecular weight excluding hydrogens is 476 g/mol. The first-order chi connectivity index (χ1) is 16.6. The molecule has 0 bridgehead atoms. The van der Waals surface area contributed by atoms with E-state index in [1.165, 1.54) is 36.4 Å². The first-order valence-electron chi connectivity index (χ1n) is 10.5. The van der Waals surface area contributed by atoms with E-state index in [-0.39, 0.29) is 57.3 Å². The Balaban J connectivity index is 1.59. The molecule has 11 heteroatoms. The SMILES string of the molecule is Nc1c(Oc2ccc(S(=O)(=O)NCCC(O)CO)cc2)cc(O)c2c1C(=O)c1ccccc1C2=O. The van der Waals surface area contributed by atoms with Crippen molar-refractivity contribution in [2.75, 3.05) is 18.9 Å². The highest BCUT2D eigenvalue weighted by molar-refractivity contribution is 7.89. The number of sulfonamides is 1. The number of nitrogen functional groups attached to an aromatic ring is 1. The van der Waals surface area contributed by atoms with Gasteiger partial charge in [0, 0.05) is 23.7 Å². The van der Waals surface area contributed by atoms with Crippen LogP contribution in [0.15, 0.2) is 59.5 Å². The molecule has 0 heterocycles. The van der Waals surface area contributed by atoms with Crippen LogP contribution < -0.4 is 15.2 Å². The van der Waals surface area contributed by atoms with Crippen molar-refractivity contribution in [2.45, 2.75) is 17.4 Å². The average Bonchev–Trinajstić information content (AvgIpc) is 2.84. The number of phenolic OH excluding ortho intramolecular Hbond substituents is 1. The van der Waals surface area contributed by atoms with Gasteiger partial charge in [0.15, 0.2) is 17.3 Å². The van der Waals surface area contributed by atoms with Gasteiger partial charge < -0.3 is 25.8 Å². The number of nitrogens with one attached hydrogen (secondary N) is 1. The van der Waals surface area contributed by atoms with Crippen molar-refractivity contribution in [1.29, 1.82) is 0 Å². The van der Waals surface area contributed by atoms with Gasteiger partial charge in [0.25, 0.3) is 0 Å². The lowest BCUT2D eigenvalue weighted by Crippen LogP contribution is -2.28. The van der Waals surface area contributed by atoms with E-state index in [4.69, 9.17) is 15.6 Å². The second kappa shape index (κ2) is 9.47. The monoisotopic (exact) mass is 498 g/mol. The van der Waals surface area contributed by atoms with E-state index in [0.29, 0.717) is 0 Å². The van der Waals surface area contributed by atoms with Crippen LogP contribution in [0, 0.1) is 0 Å². The number of carbonyl (C=O) groups excluding carboxylic acids is 2. The Kier molecular flexibility index (Phi) is 6.59. The van der Waals surface area contributed by atoms with Crippen LogP contribution >= 0.6 is 0 Å².